The third-order valence-electron chi connectivity index (χ3n) is 3.23. The summed E-state index contributed by atoms with van der Waals surface area (Å²) < 4.78 is 17.4. The summed E-state index contributed by atoms with van der Waals surface area (Å²) in [5, 5.41) is 3.70. The van der Waals surface area contributed by atoms with E-state index in [4.69, 9.17) is 13.7 Å². The van der Waals surface area contributed by atoms with E-state index in [2.05, 4.69) is 10.1 Å². The number of hydrogen-bond acceptors (Lipinski definition) is 6. The van der Waals surface area contributed by atoms with Crippen LogP contribution >= 0.6 is 0 Å². The third kappa shape index (κ3) is 3.79. The van der Waals surface area contributed by atoms with E-state index in [1.165, 1.54) is 17.2 Å². The number of aryl methyl sites for hydroxylation is 1. The van der Waals surface area contributed by atoms with Gasteiger partial charge in [0.2, 0.25) is 5.76 Å². The van der Waals surface area contributed by atoms with Crippen molar-refractivity contribution in [3.63, 3.8) is 0 Å². The highest BCUT2D eigenvalue weighted by Crippen LogP contribution is 2.23. The van der Waals surface area contributed by atoms with Crippen LogP contribution in [0.1, 0.15) is 6.42 Å². The number of carbonyl (C=O) groups is 1. The average molecular weight is 316 g/mol. The number of aromatic nitrogens is 3. The summed E-state index contributed by atoms with van der Waals surface area (Å²) in [6.07, 6.45) is 7.16. The van der Waals surface area contributed by atoms with Gasteiger partial charge in [0.05, 0.1) is 18.7 Å². The second-order valence-corrected chi connectivity index (χ2v) is 4.95. The van der Waals surface area contributed by atoms with E-state index in [1.807, 2.05) is 10.8 Å². The summed E-state index contributed by atoms with van der Waals surface area (Å²) in [5.41, 5.74) is 0. The van der Waals surface area contributed by atoms with Gasteiger partial charge in [-0.1, -0.05) is 0 Å². The molecule has 0 radical (unpaired) electrons. The fraction of sp³-hybridized carbons (Fsp3) is 0.267. The number of ether oxygens (including phenoxy) is 1. The molecular formula is C15H16N4O4. The third-order valence-corrected chi connectivity index (χ3v) is 3.23. The van der Waals surface area contributed by atoms with Crippen LogP contribution in [0.2, 0.25) is 0 Å². The number of furan rings is 1. The maximum atomic E-state index is 12.0. The van der Waals surface area contributed by atoms with Gasteiger partial charge in [-0.3, -0.25) is 0 Å². The molecule has 3 aromatic heterocycles. The van der Waals surface area contributed by atoms with E-state index in [-0.39, 0.29) is 5.88 Å². The average Bonchev–Trinajstić information content (AvgIpc) is 3.29. The smallest absolute Gasteiger partial charge is 0.416 e. The number of rotatable bonds is 6. The zero-order valence-corrected chi connectivity index (χ0v) is 12.6. The first-order valence-electron chi connectivity index (χ1n) is 7.11. The van der Waals surface area contributed by atoms with Gasteiger partial charge in [-0.15, -0.1) is 0 Å². The van der Waals surface area contributed by atoms with Gasteiger partial charge in [-0.25, -0.2) is 9.78 Å². The molecular weight excluding hydrogens is 300 g/mol. The Morgan fingerprint density at radius 2 is 2.35 bits per heavy atom. The lowest BCUT2D eigenvalue weighted by molar-refractivity contribution is 0.158. The van der Waals surface area contributed by atoms with Gasteiger partial charge in [-0.2, -0.15) is 0 Å². The van der Waals surface area contributed by atoms with Crippen molar-refractivity contribution in [1.82, 2.24) is 19.6 Å². The maximum Gasteiger partial charge on any atom is 0.416 e. The second-order valence-electron chi connectivity index (χ2n) is 4.95. The first-order valence-corrected chi connectivity index (χ1v) is 7.11. The van der Waals surface area contributed by atoms with Crippen LogP contribution in [-0.2, 0) is 6.54 Å². The molecule has 3 aromatic rings. The minimum absolute atomic E-state index is 0.0999. The van der Waals surface area contributed by atoms with E-state index < -0.39 is 6.09 Å². The van der Waals surface area contributed by atoms with Gasteiger partial charge in [-0.05, 0) is 23.7 Å². The SMILES string of the molecule is CN(CCCn1ccnc1)C(=O)Oc1cc(-c2ccco2)on1. The van der Waals surface area contributed by atoms with E-state index in [1.54, 1.807) is 31.7 Å². The summed E-state index contributed by atoms with van der Waals surface area (Å²) in [4.78, 5) is 17.4. The molecule has 0 N–H and O–H groups in total. The van der Waals surface area contributed by atoms with Gasteiger partial charge in [0, 0.05) is 32.5 Å². The lowest BCUT2D eigenvalue weighted by Crippen LogP contribution is -2.31. The topological polar surface area (TPSA) is 86.5 Å². The van der Waals surface area contributed by atoms with Crippen LogP contribution in [0, 0.1) is 0 Å². The van der Waals surface area contributed by atoms with Crippen LogP contribution in [0.15, 0.2) is 52.1 Å². The summed E-state index contributed by atoms with van der Waals surface area (Å²) in [6, 6.07) is 4.97. The summed E-state index contributed by atoms with van der Waals surface area (Å²) in [7, 11) is 1.67. The molecule has 23 heavy (non-hydrogen) atoms. The van der Waals surface area contributed by atoms with E-state index >= 15 is 0 Å². The monoisotopic (exact) mass is 316 g/mol. The minimum atomic E-state index is -0.491. The minimum Gasteiger partial charge on any atom is -0.461 e. The molecule has 3 heterocycles. The predicted octanol–water partition coefficient (Wildman–Crippen LogP) is 2.65. The second kappa shape index (κ2) is 6.82. The molecule has 8 heteroatoms. The molecule has 0 aliphatic carbocycles. The molecule has 0 aliphatic rings. The molecule has 0 atom stereocenters. The molecule has 0 saturated carbocycles. The van der Waals surface area contributed by atoms with Crippen molar-refractivity contribution in [2.75, 3.05) is 13.6 Å². The first kappa shape index (κ1) is 14.9. The van der Waals surface area contributed by atoms with Crippen molar-refractivity contribution >= 4 is 6.09 Å². The summed E-state index contributed by atoms with van der Waals surface area (Å²) in [6.45, 7) is 1.34. The van der Waals surface area contributed by atoms with Gasteiger partial charge in [0.15, 0.2) is 5.76 Å². The predicted molar refractivity (Wildman–Crippen MR) is 79.7 cm³/mol. The lowest BCUT2D eigenvalue weighted by atomic mass is 10.3. The molecule has 3 rings (SSSR count). The Morgan fingerprint density at radius 1 is 1.43 bits per heavy atom. The quantitative estimate of drug-likeness (QED) is 0.695. The Kier molecular flexibility index (Phi) is 4.41. The Hall–Kier alpha value is -3.03. The fourth-order valence-electron chi connectivity index (χ4n) is 2.01. The molecule has 0 aliphatic heterocycles. The molecule has 8 nitrogen and oxygen atoms in total. The number of carbonyl (C=O) groups excluding carboxylic acids is 1. The van der Waals surface area contributed by atoms with Crippen molar-refractivity contribution in [2.24, 2.45) is 0 Å². The van der Waals surface area contributed by atoms with Crippen molar-refractivity contribution in [3.05, 3.63) is 43.2 Å². The van der Waals surface area contributed by atoms with Crippen molar-refractivity contribution in [2.45, 2.75) is 13.0 Å². The number of amides is 1. The molecule has 1 amide bonds. The van der Waals surface area contributed by atoms with Gasteiger partial charge < -0.3 is 23.1 Å². The normalized spacial score (nSPS) is 10.7. The van der Waals surface area contributed by atoms with Gasteiger partial charge >= 0.3 is 6.09 Å². The van der Waals surface area contributed by atoms with Crippen LogP contribution in [0.5, 0.6) is 5.88 Å². The highest BCUT2D eigenvalue weighted by Gasteiger charge is 2.16. The van der Waals surface area contributed by atoms with Crippen LogP contribution in [0.25, 0.3) is 11.5 Å². The van der Waals surface area contributed by atoms with Crippen LogP contribution in [-0.4, -0.2) is 39.3 Å². The van der Waals surface area contributed by atoms with E-state index in [0.717, 1.165) is 13.0 Å². The Labute approximate surface area is 132 Å². The molecule has 0 spiro atoms. The van der Waals surface area contributed by atoms with Crippen molar-refractivity contribution in [1.29, 1.82) is 0 Å². The Morgan fingerprint density at radius 3 is 3.09 bits per heavy atom. The van der Waals surface area contributed by atoms with Crippen LogP contribution < -0.4 is 4.74 Å². The van der Waals surface area contributed by atoms with Crippen LogP contribution in [0.3, 0.4) is 0 Å². The molecule has 0 saturated heterocycles. The van der Waals surface area contributed by atoms with Crippen molar-refractivity contribution < 1.29 is 18.5 Å². The van der Waals surface area contributed by atoms with E-state index in [9.17, 15) is 4.79 Å². The van der Waals surface area contributed by atoms with Gasteiger partial charge in [0.1, 0.15) is 0 Å². The standard InChI is InChI=1S/C15H16N4O4/c1-18(6-3-7-19-8-5-16-11-19)15(20)22-14-10-13(23-17-14)12-4-2-9-21-12/h2,4-5,8-11H,3,6-7H2,1H3. The number of imidazole rings is 1. The zero-order chi connectivity index (χ0) is 16.1. The lowest BCUT2D eigenvalue weighted by Gasteiger charge is -2.15. The van der Waals surface area contributed by atoms with Crippen LogP contribution in [0.4, 0.5) is 4.79 Å². The Bertz CT molecular complexity index is 733. The van der Waals surface area contributed by atoms with Crippen molar-refractivity contribution in [3.8, 4) is 17.4 Å². The molecule has 0 bridgehead atoms. The number of nitrogens with zero attached hydrogens (tertiary/aromatic N) is 4. The highest BCUT2D eigenvalue weighted by molar-refractivity contribution is 5.70. The highest BCUT2D eigenvalue weighted by atomic mass is 16.6. The largest absolute Gasteiger partial charge is 0.461 e. The number of hydrogen-bond donors (Lipinski definition) is 0. The first-order chi connectivity index (χ1) is 11.2. The Balaban J connectivity index is 1.48. The molecule has 0 fully saturated rings. The molecule has 0 aromatic carbocycles. The fourth-order valence-corrected chi connectivity index (χ4v) is 2.01. The maximum absolute atomic E-state index is 12.0. The summed E-state index contributed by atoms with van der Waals surface area (Å²) >= 11 is 0. The van der Waals surface area contributed by atoms with E-state index in [0.29, 0.717) is 18.1 Å². The molecule has 0 unspecified atom stereocenters. The summed E-state index contributed by atoms with van der Waals surface area (Å²) in [5.74, 6) is 1.02. The van der Waals surface area contributed by atoms with Gasteiger partial charge in [0.25, 0.3) is 5.88 Å². The zero-order valence-electron chi connectivity index (χ0n) is 12.6. The molecule has 120 valence electrons.